The highest BCUT2D eigenvalue weighted by molar-refractivity contribution is 7.99. The number of thioether (sulfide) groups is 1. The fourth-order valence-electron chi connectivity index (χ4n) is 2.85. The number of nitrogens with zero attached hydrogens (tertiary/aromatic N) is 3. The van der Waals surface area contributed by atoms with Gasteiger partial charge >= 0.3 is 0 Å². The Morgan fingerprint density at radius 3 is 2.83 bits per heavy atom. The van der Waals surface area contributed by atoms with Crippen LogP contribution >= 0.6 is 11.8 Å². The maximum Gasteiger partial charge on any atom is 0.220 e. The molecule has 0 atom stereocenters. The molecule has 8 heteroatoms. The standard InChI is InChI=1S/C21H26N4O3S/c1-3-4-13-22-19(26)12-8-15-29-21-24-23-20(18-11-7-14-28-18)25(21)16-9-5-6-10-17(16)27-2/h5-7,9-11,14H,3-4,8,12-13,15H2,1-2H3,(H,22,26). The van der Waals surface area contributed by atoms with E-state index in [4.69, 9.17) is 9.15 Å². The van der Waals surface area contributed by atoms with E-state index in [1.165, 1.54) is 0 Å². The van der Waals surface area contributed by atoms with Crippen molar-refractivity contribution in [3.8, 4) is 23.0 Å². The molecule has 154 valence electrons. The Hall–Kier alpha value is -2.74. The van der Waals surface area contributed by atoms with Gasteiger partial charge in [-0.2, -0.15) is 0 Å². The summed E-state index contributed by atoms with van der Waals surface area (Å²) < 4.78 is 13.0. The van der Waals surface area contributed by atoms with Crippen molar-refractivity contribution in [2.75, 3.05) is 19.4 Å². The molecule has 3 aromatic rings. The summed E-state index contributed by atoms with van der Waals surface area (Å²) in [6, 6.07) is 11.4. The Kier molecular flexibility index (Phi) is 7.75. The lowest BCUT2D eigenvalue weighted by molar-refractivity contribution is -0.121. The molecule has 2 heterocycles. The maximum absolute atomic E-state index is 11.9. The number of carbonyl (C=O) groups excluding carboxylic acids is 1. The summed E-state index contributed by atoms with van der Waals surface area (Å²) in [6.07, 6.45) is 4.97. The van der Waals surface area contributed by atoms with Gasteiger partial charge in [-0.15, -0.1) is 10.2 Å². The molecule has 0 saturated heterocycles. The Morgan fingerprint density at radius 2 is 2.07 bits per heavy atom. The van der Waals surface area contributed by atoms with E-state index in [2.05, 4.69) is 22.4 Å². The largest absolute Gasteiger partial charge is 0.495 e. The van der Waals surface area contributed by atoms with Crippen LogP contribution in [0.1, 0.15) is 32.6 Å². The number of hydrogen-bond acceptors (Lipinski definition) is 6. The van der Waals surface area contributed by atoms with Crippen molar-refractivity contribution >= 4 is 17.7 Å². The van der Waals surface area contributed by atoms with E-state index < -0.39 is 0 Å². The molecule has 0 radical (unpaired) electrons. The highest BCUT2D eigenvalue weighted by Gasteiger charge is 2.20. The second-order valence-corrected chi connectivity index (χ2v) is 7.51. The molecule has 1 N–H and O–H groups in total. The number of carbonyl (C=O) groups is 1. The van der Waals surface area contributed by atoms with Gasteiger partial charge in [0.05, 0.1) is 19.1 Å². The average Bonchev–Trinajstić information content (AvgIpc) is 3.41. The zero-order valence-electron chi connectivity index (χ0n) is 16.8. The van der Waals surface area contributed by atoms with Gasteiger partial charge in [-0.3, -0.25) is 9.36 Å². The number of ether oxygens (including phenoxy) is 1. The second kappa shape index (κ2) is 10.7. The summed E-state index contributed by atoms with van der Waals surface area (Å²) >= 11 is 1.56. The monoisotopic (exact) mass is 414 g/mol. The van der Waals surface area contributed by atoms with Gasteiger partial charge < -0.3 is 14.5 Å². The molecule has 2 aromatic heterocycles. The number of aromatic nitrogens is 3. The molecule has 0 bridgehead atoms. The van der Waals surface area contributed by atoms with Crippen LogP contribution in [0.25, 0.3) is 17.3 Å². The van der Waals surface area contributed by atoms with Crippen molar-refractivity contribution in [1.82, 2.24) is 20.1 Å². The van der Waals surface area contributed by atoms with Gasteiger partial charge in [-0.1, -0.05) is 37.2 Å². The zero-order valence-corrected chi connectivity index (χ0v) is 17.6. The van der Waals surface area contributed by atoms with Gasteiger partial charge in [0.2, 0.25) is 11.7 Å². The smallest absolute Gasteiger partial charge is 0.220 e. The minimum Gasteiger partial charge on any atom is -0.495 e. The minimum atomic E-state index is 0.0986. The van der Waals surface area contributed by atoms with E-state index in [1.807, 2.05) is 41.0 Å². The number of nitrogens with one attached hydrogen (secondary N) is 1. The predicted molar refractivity (Wildman–Crippen MR) is 113 cm³/mol. The van der Waals surface area contributed by atoms with Crippen LogP contribution in [0.2, 0.25) is 0 Å². The van der Waals surface area contributed by atoms with Gasteiger partial charge in [0, 0.05) is 18.7 Å². The third-order valence-corrected chi connectivity index (χ3v) is 5.35. The Bertz CT molecular complexity index is 909. The lowest BCUT2D eigenvalue weighted by atomic mass is 10.3. The summed E-state index contributed by atoms with van der Waals surface area (Å²) in [5.74, 6) is 2.82. The molecule has 0 spiro atoms. The first-order chi connectivity index (χ1) is 14.2. The van der Waals surface area contributed by atoms with Crippen LogP contribution in [0.5, 0.6) is 5.75 Å². The van der Waals surface area contributed by atoms with Crippen LogP contribution in [0.15, 0.2) is 52.2 Å². The molecular formula is C21H26N4O3S. The number of unbranched alkanes of at least 4 members (excludes halogenated alkanes) is 1. The highest BCUT2D eigenvalue weighted by atomic mass is 32.2. The van der Waals surface area contributed by atoms with E-state index in [0.29, 0.717) is 18.0 Å². The number of benzene rings is 1. The first kappa shape index (κ1) is 21.0. The second-order valence-electron chi connectivity index (χ2n) is 6.45. The number of para-hydroxylation sites is 2. The van der Waals surface area contributed by atoms with Crippen molar-refractivity contribution in [2.24, 2.45) is 0 Å². The van der Waals surface area contributed by atoms with E-state index >= 15 is 0 Å². The van der Waals surface area contributed by atoms with Crippen LogP contribution < -0.4 is 10.1 Å². The molecule has 3 rings (SSSR count). The molecule has 1 amide bonds. The van der Waals surface area contributed by atoms with Crippen molar-refractivity contribution in [3.05, 3.63) is 42.7 Å². The zero-order chi connectivity index (χ0) is 20.5. The summed E-state index contributed by atoms with van der Waals surface area (Å²) in [7, 11) is 1.64. The molecule has 0 aliphatic rings. The molecule has 7 nitrogen and oxygen atoms in total. The summed E-state index contributed by atoms with van der Waals surface area (Å²) in [6.45, 7) is 2.86. The van der Waals surface area contributed by atoms with Crippen molar-refractivity contribution < 1.29 is 13.9 Å². The third-order valence-electron chi connectivity index (χ3n) is 4.33. The molecule has 1 aromatic carbocycles. The molecule has 0 unspecified atom stereocenters. The van der Waals surface area contributed by atoms with E-state index in [-0.39, 0.29) is 5.91 Å². The van der Waals surface area contributed by atoms with Crippen LogP contribution in [0, 0.1) is 0 Å². The molecule has 29 heavy (non-hydrogen) atoms. The quantitative estimate of drug-likeness (QED) is 0.372. The van der Waals surface area contributed by atoms with E-state index in [0.717, 1.165) is 48.2 Å². The number of amides is 1. The number of rotatable bonds is 11. The minimum absolute atomic E-state index is 0.0986. The van der Waals surface area contributed by atoms with E-state index in [9.17, 15) is 4.79 Å². The summed E-state index contributed by atoms with van der Waals surface area (Å²) in [5, 5.41) is 12.4. The number of hydrogen-bond donors (Lipinski definition) is 1. The molecule has 0 fully saturated rings. The number of methoxy groups -OCH3 is 1. The Labute approximate surface area is 174 Å². The summed E-state index contributed by atoms with van der Waals surface area (Å²) in [5.41, 5.74) is 0.839. The molecule has 0 aliphatic carbocycles. The first-order valence-corrected chi connectivity index (χ1v) is 10.7. The fraction of sp³-hybridized carbons (Fsp3) is 0.381. The SMILES string of the molecule is CCCCNC(=O)CCCSc1nnc(-c2ccco2)n1-c1ccccc1OC. The lowest BCUT2D eigenvalue weighted by Crippen LogP contribution is -2.24. The first-order valence-electron chi connectivity index (χ1n) is 9.76. The van der Waals surface area contributed by atoms with Gasteiger partial charge in [-0.05, 0) is 37.1 Å². The van der Waals surface area contributed by atoms with E-state index in [1.54, 1.807) is 25.1 Å². The predicted octanol–water partition coefficient (Wildman–Crippen LogP) is 4.32. The highest BCUT2D eigenvalue weighted by Crippen LogP contribution is 2.32. The number of furan rings is 1. The molecule has 0 saturated carbocycles. The van der Waals surface area contributed by atoms with Crippen LogP contribution in [-0.2, 0) is 4.79 Å². The van der Waals surface area contributed by atoms with Crippen molar-refractivity contribution in [3.63, 3.8) is 0 Å². The van der Waals surface area contributed by atoms with Crippen LogP contribution in [0.3, 0.4) is 0 Å². The van der Waals surface area contributed by atoms with Gasteiger partial charge in [-0.25, -0.2) is 0 Å². The van der Waals surface area contributed by atoms with Gasteiger partial charge in [0.1, 0.15) is 5.75 Å². The fourth-order valence-corrected chi connectivity index (χ4v) is 3.73. The Balaban J connectivity index is 1.73. The van der Waals surface area contributed by atoms with Gasteiger partial charge in [0.15, 0.2) is 10.9 Å². The average molecular weight is 415 g/mol. The lowest BCUT2D eigenvalue weighted by Gasteiger charge is -2.13. The maximum atomic E-state index is 11.9. The van der Waals surface area contributed by atoms with Crippen molar-refractivity contribution in [2.45, 2.75) is 37.8 Å². The van der Waals surface area contributed by atoms with Crippen molar-refractivity contribution in [1.29, 1.82) is 0 Å². The summed E-state index contributed by atoms with van der Waals surface area (Å²) in [4.78, 5) is 11.9. The van der Waals surface area contributed by atoms with Gasteiger partial charge in [0.25, 0.3) is 0 Å². The third kappa shape index (κ3) is 5.41. The van der Waals surface area contributed by atoms with Crippen LogP contribution in [-0.4, -0.2) is 40.1 Å². The van der Waals surface area contributed by atoms with Crippen LogP contribution in [0.4, 0.5) is 0 Å². The topological polar surface area (TPSA) is 82.2 Å². The molecule has 0 aliphatic heterocycles. The Morgan fingerprint density at radius 1 is 1.21 bits per heavy atom. The normalized spacial score (nSPS) is 10.8. The molecular weight excluding hydrogens is 388 g/mol.